The van der Waals surface area contributed by atoms with Gasteiger partial charge in [0.25, 0.3) is 0 Å². The molecule has 1 aromatic rings. The summed E-state index contributed by atoms with van der Waals surface area (Å²) in [5.74, 6) is 0.631. The van der Waals surface area contributed by atoms with Gasteiger partial charge in [0.1, 0.15) is 5.60 Å². The molecule has 1 unspecified atom stereocenters. The highest BCUT2D eigenvalue weighted by atomic mass is 16.3. The van der Waals surface area contributed by atoms with Crippen molar-refractivity contribution >= 4 is 11.9 Å². The van der Waals surface area contributed by atoms with Gasteiger partial charge in [0.2, 0.25) is 5.91 Å². The number of carbonyl (C=O) groups is 1. The Morgan fingerprint density at radius 2 is 1.79 bits per heavy atom. The molecule has 0 aliphatic carbocycles. The number of aliphatic imine (C=N–C) groups is 1. The van der Waals surface area contributed by atoms with Crippen molar-refractivity contribution in [2.75, 3.05) is 26.2 Å². The fraction of sp³-hybridized carbons (Fsp3) is 0.556. The van der Waals surface area contributed by atoms with Crippen LogP contribution in [0, 0.1) is 5.92 Å². The third-order valence-electron chi connectivity index (χ3n) is 3.53. The number of amides is 1. The fourth-order valence-corrected chi connectivity index (χ4v) is 2.03. The second kappa shape index (κ2) is 9.93. The van der Waals surface area contributed by atoms with Crippen molar-refractivity contribution in [1.82, 2.24) is 16.0 Å². The van der Waals surface area contributed by atoms with Crippen LogP contribution in [0.4, 0.5) is 0 Å². The van der Waals surface area contributed by atoms with E-state index in [1.165, 1.54) is 0 Å². The highest BCUT2D eigenvalue weighted by Gasteiger charge is 2.22. The highest BCUT2D eigenvalue weighted by Crippen LogP contribution is 2.20. The molecule has 6 heteroatoms. The molecule has 1 amide bonds. The van der Waals surface area contributed by atoms with E-state index in [1.807, 2.05) is 51.1 Å². The van der Waals surface area contributed by atoms with Gasteiger partial charge in [0, 0.05) is 25.6 Å². The second-order valence-electron chi connectivity index (χ2n) is 6.21. The van der Waals surface area contributed by atoms with Crippen molar-refractivity contribution in [3.63, 3.8) is 0 Å². The molecule has 4 N–H and O–H groups in total. The van der Waals surface area contributed by atoms with Crippen LogP contribution in [0.1, 0.15) is 33.3 Å². The standard InChI is InChI=1S/C18H30N4O2/c1-5-19-17(21-12-11-20-16(23)14(2)3)22-13-18(4,24)15-9-7-6-8-10-15/h6-10,14,24H,5,11-13H2,1-4H3,(H,20,23)(H2,19,21,22). The molecule has 1 aromatic carbocycles. The van der Waals surface area contributed by atoms with E-state index < -0.39 is 5.60 Å². The average Bonchev–Trinajstić information content (AvgIpc) is 2.56. The van der Waals surface area contributed by atoms with E-state index in [9.17, 15) is 9.90 Å². The van der Waals surface area contributed by atoms with Gasteiger partial charge in [-0.1, -0.05) is 44.2 Å². The number of hydrogen-bond donors (Lipinski definition) is 4. The van der Waals surface area contributed by atoms with Crippen molar-refractivity contribution in [2.45, 2.75) is 33.3 Å². The summed E-state index contributed by atoms with van der Waals surface area (Å²) >= 11 is 0. The first-order valence-corrected chi connectivity index (χ1v) is 8.44. The quantitative estimate of drug-likeness (QED) is 0.327. The molecule has 134 valence electrons. The van der Waals surface area contributed by atoms with Gasteiger partial charge in [0.05, 0.1) is 6.54 Å². The molecular weight excluding hydrogens is 304 g/mol. The molecule has 0 aromatic heterocycles. The molecule has 6 nitrogen and oxygen atoms in total. The van der Waals surface area contributed by atoms with Crippen LogP contribution in [0.15, 0.2) is 35.3 Å². The van der Waals surface area contributed by atoms with Gasteiger partial charge >= 0.3 is 0 Å². The minimum absolute atomic E-state index is 0.0205. The molecule has 0 fully saturated rings. The summed E-state index contributed by atoms with van der Waals surface area (Å²) in [5, 5.41) is 19.7. The number of nitrogens with zero attached hydrogens (tertiary/aromatic N) is 1. The summed E-state index contributed by atoms with van der Waals surface area (Å²) in [7, 11) is 0. The summed E-state index contributed by atoms with van der Waals surface area (Å²) in [6.45, 7) is 9.50. The van der Waals surface area contributed by atoms with Crippen LogP contribution in [-0.4, -0.2) is 43.2 Å². The van der Waals surface area contributed by atoms with E-state index in [2.05, 4.69) is 20.9 Å². The minimum Gasteiger partial charge on any atom is -0.384 e. The molecule has 0 saturated heterocycles. The second-order valence-corrected chi connectivity index (χ2v) is 6.21. The Kier molecular flexibility index (Phi) is 8.26. The normalized spacial score (nSPS) is 14.2. The molecule has 0 spiro atoms. The maximum Gasteiger partial charge on any atom is 0.222 e. The van der Waals surface area contributed by atoms with Gasteiger partial charge < -0.3 is 21.1 Å². The van der Waals surface area contributed by atoms with Gasteiger partial charge in [-0.05, 0) is 19.4 Å². The van der Waals surface area contributed by atoms with Crippen molar-refractivity contribution in [1.29, 1.82) is 0 Å². The number of rotatable bonds is 8. The lowest BCUT2D eigenvalue weighted by molar-refractivity contribution is -0.123. The Morgan fingerprint density at radius 3 is 2.38 bits per heavy atom. The average molecular weight is 334 g/mol. The van der Waals surface area contributed by atoms with E-state index in [0.29, 0.717) is 19.0 Å². The predicted molar refractivity (Wildman–Crippen MR) is 97.8 cm³/mol. The zero-order valence-electron chi connectivity index (χ0n) is 15.1. The van der Waals surface area contributed by atoms with E-state index in [0.717, 1.165) is 12.1 Å². The summed E-state index contributed by atoms with van der Waals surface area (Å²) in [6, 6.07) is 9.48. The SMILES string of the molecule is CCNC(=NCC(C)(O)c1ccccc1)NCCNC(=O)C(C)C. The third kappa shape index (κ3) is 7.00. The minimum atomic E-state index is -1.03. The largest absolute Gasteiger partial charge is 0.384 e. The monoisotopic (exact) mass is 334 g/mol. The van der Waals surface area contributed by atoms with Crippen molar-refractivity contribution in [3.8, 4) is 0 Å². The van der Waals surface area contributed by atoms with Crippen LogP contribution < -0.4 is 16.0 Å². The number of aliphatic hydroxyl groups is 1. The number of carbonyl (C=O) groups excluding carboxylic acids is 1. The van der Waals surface area contributed by atoms with Gasteiger partial charge in [-0.3, -0.25) is 4.79 Å². The number of benzene rings is 1. The third-order valence-corrected chi connectivity index (χ3v) is 3.53. The van der Waals surface area contributed by atoms with Gasteiger partial charge in [-0.15, -0.1) is 0 Å². The van der Waals surface area contributed by atoms with E-state index in [1.54, 1.807) is 6.92 Å². The molecule has 1 atom stereocenters. The molecule has 0 aliphatic rings. The van der Waals surface area contributed by atoms with Crippen LogP contribution in [0.5, 0.6) is 0 Å². The number of hydrogen-bond acceptors (Lipinski definition) is 3. The summed E-state index contributed by atoms with van der Waals surface area (Å²) in [5.41, 5.74) is -0.205. The lowest BCUT2D eigenvalue weighted by Gasteiger charge is -2.22. The number of nitrogens with one attached hydrogen (secondary N) is 3. The number of guanidine groups is 1. The Morgan fingerprint density at radius 1 is 1.17 bits per heavy atom. The molecule has 1 rings (SSSR count). The summed E-state index contributed by atoms with van der Waals surface area (Å²) in [6.07, 6.45) is 0. The van der Waals surface area contributed by atoms with Crippen LogP contribution >= 0.6 is 0 Å². The topological polar surface area (TPSA) is 85.8 Å². The van der Waals surface area contributed by atoms with E-state index >= 15 is 0 Å². The highest BCUT2D eigenvalue weighted by molar-refractivity contribution is 5.80. The van der Waals surface area contributed by atoms with E-state index in [4.69, 9.17) is 0 Å². The Bertz CT molecular complexity index is 527. The van der Waals surface area contributed by atoms with Crippen LogP contribution in [0.2, 0.25) is 0 Å². The smallest absolute Gasteiger partial charge is 0.222 e. The van der Waals surface area contributed by atoms with Crippen molar-refractivity contribution < 1.29 is 9.90 Å². The first kappa shape index (κ1) is 20.0. The molecule has 0 heterocycles. The summed E-state index contributed by atoms with van der Waals surface area (Å²) in [4.78, 5) is 16.0. The lowest BCUT2D eigenvalue weighted by Crippen LogP contribution is -2.42. The van der Waals surface area contributed by atoms with Crippen LogP contribution in [0.3, 0.4) is 0 Å². The van der Waals surface area contributed by atoms with Crippen molar-refractivity contribution in [3.05, 3.63) is 35.9 Å². The molecule has 24 heavy (non-hydrogen) atoms. The first-order valence-electron chi connectivity index (χ1n) is 8.44. The fourth-order valence-electron chi connectivity index (χ4n) is 2.03. The van der Waals surface area contributed by atoms with Crippen molar-refractivity contribution in [2.24, 2.45) is 10.9 Å². The zero-order chi connectivity index (χ0) is 18.0. The van der Waals surface area contributed by atoms with Crippen LogP contribution in [0.25, 0.3) is 0 Å². The molecule has 0 bridgehead atoms. The molecule has 0 saturated carbocycles. The summed E-state index contributed by atoms with van der Waals surface area (Å²) < 4.78 is 0. The van der Waals surface area contributed by atoms with Crippen LogP contribution in [-0.2, 0) is 10.4 Å². The maximum absolute atomic E-state index is 11.5. The Balaban J connectivity index is 2.54. The van der Waals surface area contributed by atoms with Gasteiger partial charge in [-0.25, -0.2) is 4.99 Å². The van der Waals surface area contributed by atoms with Gasteiger partial charge in [0.15, 0.2) is 5.96 Å². The maximum atomic E-state index is 11.5. The molecule has 0 radical (unpaired) electrons. The van der Waals surface area contributed by atoms with E-state index in [-0.39, 0.29) is 18.4 Å². The Hall–Kier alpha value is -2.08. The predicted octanol–water partition coefficient (Wildman–Crippen LogP) is 1.22. The lowest BCUT2D eigenvalue weighted by atomic mass is 9.96. The molecule has 0 aliphatic heterocycles. The van der Waals surface area contributed by atoms with Gasteiger partial charge in [-0.2, -0.15) is 0 Å². The molecular formula is C18H30N4O2. The zero-order valence-corrected chi connectivity index (χ0v) is 15.1. The Labute approximate surface area is 144 Å². The first-order chi connectivity index (χ1) is 11.4.